The number of thiophene rings is 1. The summed E-state index contributed by atoms with van der Waals surface area (Å²) in [6.07, 6.45) is 0.827. The zero-order valence-electron chi connectivity index (χ0n) is 18.7. The van der Waals surface area contributed by atoms with Gasteiger partial charge in [-0.1, -0.05) is 30.3 Å². The van der Waals surface area contributed by atoms with Crippen LogP contribution in [0.3, 0.4) is 0 Å². The number of benzene rings is 2. The average molecular weight is 478 g/mol. The van der Waals surface area contributed by atoms with Crippen LogP contribution in [0.15, 0.2) is 64.8 Å². The van der Waals surface area contributed by atoms with Crippen LogP contribution in [0.1, 0.15) is 29.4 Å². The molecule has 0 atom stereocenters. The number of rotatable bonds is 8. The van der Waals surface area contributed by atoms with Gasteiger partial charge in [0.1, 0.15) is 10.8 Å². The first-order chi connectivity index (χ1) is 16.5. The molecule has 4 rings (SSSR count). The number of ether oxygens (including phenoxy) is 2. The van der Waals surface area contributed by atoms with Crippen LogP contribution in [-0.2, 0) is 16.0 Å². The number of hydrogen-bond acceptors (Lipinski definition) is 7. The van der Waals surface area contributed by atoms with Gasteiger partial charge in [0.05, 0.1) is 24.8 Å². The van der Waals surface area contributed by atoms with E-state index in [1.807, 2.05) is 30.3 Å². The van der Waals surface area contributed by atoms with Gasteiger partial charge in [0.15, 0.2) is 5.69 Å². The fourth-order valence-corrected chi connectivity index (χ4v) is 4.44. The molecule has 2 aromatic heterocycles. The van der Waals surface area contributed by atoms with Crippen LogP contribution in [0.25, 0.3) is 16.5 Å². The SMILES string of the molecule is CCOC(=O)c1nn(-c2ccc(OC)cc2)c(=O)c2c(NC(=O)CCc3ccccc3)scc12. The van der Waals surface area contributed by atoms with E-state index in [1.165, 1.54) is 11.3 Å². The zero-order chi connectivity index (χ0) is 24.1. The molecule has 174 valence electrons. The van der Waals surface area contributed by atoms with Crippen LogP contribution in [0, 0.1) is 0 Å². The summed E-state index contributed by atoms with van der Waals surface area (Å²) in [6.45, 7) is 1.86. The topological polar surface area (TPSA) is 99.5 Å². The molecule has 0 radical (unpaired) electrons. The summed E-state index contributed by atoms with van der Waals surface area (Å²) in [5, 5.41) is 9.70. The van der Waals surface area contributed by atoms with Crippen LogP contribution >= 0.6 is 11.3 Å². The maximum atomic E-state index is 13.4. The first kappa shape index (κ1) is 23.2. The molecular formula is C25H23N3O5S. The highest BCUT2D eigenvalue weighted by molar-refractivity contribution is 7.16. The van der Waals surface area contributed by atoms with Crippen molar-refractivity contribution < 1.29 is 19.1 Å². The van der Waals surface area contributed by atoms with Gasteiger partial charge in [-0.15, -0.1) is 11.3 Å². The molecule has 0 aliphatic rings. The second kappa shape index (κ2) is 10.3. The van der Waals surface area contributed by atoms with Gasteiger partial charge in [0, 0.05) is 17.2 Å². The fraction of sp³-hybridized carbons (Fsp3) is 0.200. The molecule has 0 aliphatic heterocycles. The minimum atomic E-state index is -0.644. The third-order valence-electron chi connectivity index (χ3n) is 5.17. The van der Waals surface area contributed by atoms with Gasteiger partial charge in [-0.05, 0) is 43.2 Å². The summed E-state index contributed by atoms with van der Waals surface area (Å²) < 4.78 is 11.5. The number of carbonyl (C=O) groups is 2. The monoisotopic (exact) mass is 477 g/mol. The average Bonchev–Trinajstić information content (AvgIpc) is 3.28. The van der Waals surface area contributed by atoms with Crippen LogP contribution in [0.2, 0.25) is 0 Å². The van der Waals surface area contributed by atoms with E-state index < -0.39 is 11.5 Å². The van der Waals surface area contributed by atoms with Gasteiger partial charge in [0.25, 0.3) is 5.56 Å². The second-order valence-electron chi connectivity index (χ2n) is 7.37. The first-order valence-electron chi connectivity index (χ1n) is 10.7. The van der Waals surface area contributed by atoms with Crippen molar-refractivity contribution in [3.63, 3.8) is 0 Å². The molecule has 0 saturated carbocycles. The molecule has 0 fully saturated rings. The zero-order valence-corrected chi connectivity index (χ0v) is 19.6. The highest BCUT2D eigenvalue weighted by Crippen LogP contribution is 2.31. The van der Waals surface area contributed by atoms with Crippen LogP contribution < -0.4 is 15.6 Å². The second-order valence-corrected chi connectivity index (χ2v) is 8.25. The summed E-state index contributed by atoms with van der Waals surface area (Å²) >= 11 is 1.17. The highest BCUT2D eigenvalue weighted by atomic mass is 32.1. The van der Waals surface area contributed by atoms with Gasteiger partial charge >= 0.3 is 5.97 Å². The minimum absolute atomic E-state index is 0.00769. The molecule has 0 aliphatic carbocycles. The number of aryl methyl sites for hydroxylation is 1. The third kappa shape index (κ3) is 4.84. The normalized spacial score (nSPS) is 10.8. The number of fused-ring (bicyclic) bond motifs is 1. The van der Waals surface area contributed by atoms with E-state index in [4.69, 9.17) is 9.47 Å². The maximum Gasteiger partial charge on any atom is 0.359 e. The first-order valence-corrected chi connectivity index (χ1v) is 11.6. The van der Waals surface area contributed by atoms with Gasteiger partial charge in [-0.25, -0.2) is 4.79 Å². The lowest BCUT2D eigenvalue weighted by molar-refractivity contribution is -0.116. The molecule has 1 N–H and O–H groups in total. The van der Waals surface area contributed by atoms with Crippen LogP contribution in [0.5, 0.6) is 5.75 Å². The van der Waals surface area contributed by atoms with E-state index in [9.17, 15) is 14.4 Å². The van der Waals surface area contributed by atoms with E-state index in [0.717, 1.165) is 10.2 Å². The number of anilines is 1. The third-order valence-corrected chi connectivity index (χ3v) is 6.07. The number of carbonyl (C=O) groups excluding carboxylic acids is 2. The molecule has 2 aromatic carbocycles. The summed E-state index contributed by atoms with van der Waals surface area (Å²) in [5.41, 5.74) is 1.05. The number of amides is 1. The number of aromatic nitrogens is 2. The quantitative estimate of drug-likeness (QED) is 0.382. The van der Waals surface area contributed by atoms with Crippen molar-refractivity contribution in [1.29, 1.82) is 0 Å². The largest absolute Gasteiger partial charge is 0.497 e. The van der Waals surface area contributed by atoms with Crippen molar-refractivity contribution >= 4 is 39.0 Å². The molecule has 0 spiro atoms. The smallest absolute Gasteiger partial charge is 0.359 e. The van der Waals surface area contributed by atoms with Gasteiger partial charge < -0.3 is 14.8 Å². The van der Waals surface area contributed by atoms with Crippen molar-refractivity contribution in [2.75, 3.05) is 19.0 Å². The Morgan fingerprint density at radius 1 is 1.09 bits per heavy atom. The summed E-state index contributed by atoms with van der Waals surface area (Å²) in [4.78, 5) is 38.7. The molecule has 0 bridgehead atoms. The van der Waals surface area contributed by atoms with Crippen LogP contribution in [-0.4, -0.2) is 35.4 Å². The van der Waals surface area contributed by atoms with Gasteiger partial charge in [-0.2, -0.15) is 9.78 Å². The van der Waals surface area contributed by atoms with E-state index in [0.29, 0.717) is 28.2 Å². The van der Waals surface area contributed by atoms with Crippen molar-refractivity contribution in [1.82, 2.24) is 9.78 Å². The Labute approximate surface area is 199 Å². The molecule has 0 saturated heterocycles. The Balaban J connectivity index is 1.73. The summed E-state index contributed by atoms with van der Waals surface area (Å²) in [5.74, 6) is -0.252. The predicted octanol–water partition coefficient (Wildman–Crippen LogP) is 4.20. The molecule has 4 aromatic rings. The van der Waals surface area contributed by atoms with E-state index in [2.05, 4.69) is 10.4 Å². The van der Waals surface area contributed by atoms with Gasteiger partial charge in [-0.3, -0.25) is 9.59 Å². The van der Waals surface area contributed by atoms with E-state index >= 15 is 0 Å². The summed E-state index contributed by atoms with van der Waals surface area (Å²) in [6, 6.07) is 16.4. The Bertz CT molecular complexity index is 1380. The number of esters is 1. The van der Waals surface area contributed by atoms with Crippen molar-refractivity contribution in [2.45, 2.75) is 19.8 Å². The van der Waals surface area contributed by atoms with Crippen molar-refractivity contribution in [3.8, 4) is 11.4 Å². The highest BCUT2D eigenvalue weighted by Gasteiger charge is 2.23. The maximum absolute atomic E-state index is 13.4. The van der Waals surface area contributed by atoms with E-state index in [-0.39, 0.29) is 30.0 Å². The van der Waals surface area contributed by atoms with Gasteiger partial charge in [0.2, 0.25) is 5.91 Å². The fourth-order valence-electron chi connectivity index (χ4n) is 3.48. The van der Waals surface area contributed by atoms with E-state index in [1.54, 1.807) is 43.7 Å². The molecule has 34 heavy (non-hydrogen) atoms. The molecule has 9 heteroatoms. The lowest BCUT2D eigenvalue weighted by atomic mass is 10.1. The molecule has 8 nitrogen and oxygen atoms in total. The molecule has 2 heterocycles. The summed E-state index contributed by atoms with van der Waals surface area (Å²) in [7, 11) is 1.54. The standard InChI is InChI=1S/C25H23N3O5S/c1-3-33-25(31)22-19-15-34-23(26-20(29)14-9-16-7-5-4-6-8-16)21(19)24(30)28(27-22)17-10-12-18(32-2)13-11-17/h4-8,10-13,15H,3,9,14H2,1-2H3,(H,26,29). The molecule has 1 amide bonds. The molecule has 0 unspecified atom stereocenters. The van der Waals surface area contributed by atoms with Crippen LogP contribution in [0.4, 0.5) is 5.00 Å². The van der Waals surface area contributed by atoms with Crippen molar-refractivity contribution in [2.24, 2.45) is 0 Å². The van der Waals surface area contributed by atoms with Crippen molar-refractivity contribution in [3.05, 3.63) is 81.6 Å². The Hall–Kier alpha value is -3.98. The molecular weight excluding hydrogens is 454 g/mol. The lowest BCUT2D eigenvalue weighted by Crippen LogP contribution is -2.25. The predicted molar refractivity (Wildman–Crippen MR) is 131 cm³/mol. The minimum Gasteiger partial charge on any atom is -0.497 e. The number of methoxy groups -OCH3 is 1. The lowest BCUT2D eigenvalue weighted by Gasteiger charge is -2.10. The number of hydrogen-bond donors (Lipinski definition) is 1. The Morgan fingerprint density at radius 2 is 1.82 bits per heavy atom. The Kier molecular flexibility index (Phi) is 7.03. The number of nitrogens with zero attached hydrogens (tertiary/aromatic N) is 2. The number of nitrogens with one attached hydrogen (secondary N) is 1. The Morgan fingerprint density at radius 3 is 2.50 bits per heavy atom.